The summed E-state index contributed by atoms with van der Waals surface area (Å²) in [6, 6.07) is 6.65. The van der Waals surface area contributed by atoms with E-state index in [9.17, 15) is 9.92 Å². The van der Waals surface area contributed by atoms with Gasteiger partial charge in [-0.1, -0.05) is 53.6 Å². The van der Waals surface area contributed by atoms with E-state index in [1.165, 1.54) is 42.7 Å². The second kappa shape index (κ2) is 10.8. The third-order valence-corrected chi connectivity index (χ3v) is 17.6. The van der Waals surface area contributed by atoms with E-state index < -0.39 is 8.32 Å². The highest BCUT2D eigenvalue weighted by molar-refractivity contribution is 6.74. The molecule has 0 N–H and O–H groups in total. The van der Waals surface area contributed by atoms with Gasteiger partial charge in [0.05, 0.1) is 11.9 Å². The summed E-state index contributed by atoms with van der Waals surface area (Å²) in [5, 5.41) is 9.23. The minimum atomic E-state index is -1.98. The van der Waals surface area contributed by atoms with Crippen LogP contribution in [0.4, 0.5) is 4.39 Å². The molecule has 3 aliphatic rings. The van der Waals surface area contributed by atoms with Crippen LogP contribution in [-0.2, 0) is 17.3 Å². The molecule has 3 aliphatic carbocycles. The van der Waals surface area contributed by atoms with Crippen LogP contribution in [0.3, 0.4) is 0 Å². The summed E-state index contributed by atoms with van der Waals surface area (Å²) in [6.07, 6.45) is 8.65. The maximum atomic E-state index is 13.8. The second-order valence-electron chi connectivity index (χ2n) is 16.3. The van der Waals surface area contributed by atoms with Gasteiger partial charge < -0.3 is 4.43 Å². The standard InChI is InChI=1S/C34H52FN5OSi/c1-31(2,3)42(8,9)41-22-24-18-30-23(20-38-40(30)26-12-10-25(35)11-13-26)19-33(24,6)28-15-17-34(7)29(14-16-32(34,4)5)27(28)21-37-39-36/h10-13,20,24,27-29H,14-19,21-22H2,1-9H3/t24-,27-,28+,29+,33+,34+/m1/s1. The molecule has 1 heterocycles. The number of aromatic nitrogens is 2. The summed E-state index contributed by atoms with van der Waals surface area (Å²) in [4.78, 5) is 3.26. The van der Waals surface area contributed by atoms with Gasteiger partial charge in [-0.25, -0.2) is 9.07 Å². The van der Waals surface area contributed by atoms with E-state index in [-0.39, 0.29) is 21.7 Å². The lowest BCUT2D eigenvalue weighted by atomic mass is 9.47. The number of benzene rings is 1. The Balaban J connectivity index is 1.56. The van der Waals surface area contributed by atoms with Crippen LogP contribution < -0.4 is 0 Å². The average Bonchev–Trinajstić information content (AvgIpc) is 3.42. The first-order chi connectivity index (χ1) is 19.5. The highest BCUT2D eigenvalue weighted by atomic mass is 28.4. The summed E-state index contributed by atoms with van der Waals surface area (Å²) < 4.78 is 22.8. The molecule has 0 bridgehead atoms. The van der Waals surface area contributed by atoms with E-state index in [4.69, 9.17) is 9.52 Å². The van der Waals surface area contributed by atoms with Crippen molar-refractivity contribution in [1.82, 2.24) is 9.78 Å². The molecule has 1 aromatic carbocycles. The predicted molar refractivity (Wildman–Crippen MR) is 171 cm³/mol. The Bertz CT molecular complexity index is 1340. The molecule has 1 aromatic heterocycles. The van der Waals surface area contributed by atoms with Crippen molar-refractivity contribution < 1.29 is 8.82 Å². The Morgan fingerprint density at radius 3 is 2.40 bits per heavy atom. The topological polar surface area (TPSA) is 75.8 Å². The minimum absolute atomic E-state index is 0.0181. The van der Waals surface area contributed by atoms with Crippen molar-refractivity contribution >= 4 is 8.32 Å². The lowest BCUT2D eigenvalue weighted by molar-refractivity contribution is -0.0835. The zero-order chi connectivity index (χ0) is 30.7. The van der Waals surface area contributed by atoms with Crippen molar-refractivity contribution in [1.29, 1.82) is 0 Å². The number of halogens is 1. The fourth-order valence-corrected chi connectivity index (χ4v) is 9.84. The average molecular weight is 594 g/mol. The highest BCUT2D eigenvalue weighted by Crippen LogP contribution is 2.67. The van der Waals surface area contributed by atoms with Crippen LogP contribution in [0.25, 0.3) is 16.1 Å². The molecule has 0 saturated heterocycles. The molecule has 5 rings (SSSR count). The van der Waals surface area contributed by atoms with E-state index in [1.807, 2.05) is 23.0 Å². The molecule has 8 heteroatoms. The Morgan fingerprint density at radius 1 is 1.10 bits per heavy atom. The fourth-order valence-electron chi connectivity index (χ4n) is 8.79. The maximum Gasteiger partial charge on any atom is 0.191 e. The van der Waals surface area contributed by atoms with Crippen molar-refractivity contribution in [3.63, 3.8) is 0 Å². The Morgan fingerprint density at radius 2 is 1.76 bits per heavy atom. The minimum Gasteiger partial charge on any atom is -0.417 e. The van der Waals surface area contributed by atoms with Gasteiger partial charge in [0, 0.05) is 23.8 Å². The largest absolute Gasteiger partial charge is 0.417 e. The Hall–Kier alpha value is -2.15. The van der Waals surface area contributed by atoms with E-state index in [0.29, 0.717) is 35.6 Å². The van der Waals surface area contributed by atoms with Crippen LogP contribution in [0.15, 0.2) is 35.6 Å². The zero-order valence-electron chi connectivity index (χ0n) is 27.4. The van der Waals surface area contributed by atoms with Crippen LogP contribution in [0.2, 0.25) is 18.1 Å². The molecule has 2 saturated carbocycles. The molecular weight excluding hydrogens is 541 g/mol. The molecule has 42 heavy (non-hydrogen) atoms. The van der Waals surface area contributed by atoms with Crippen molar-refractivity contribution in [2.75, 3.05) is 13.2 Å². The first-order valence-electron chi connectivity index (χ1n) is 16.0. The first-order valence-corrected chi connectivity index (χ1v) is 18.9. The number of rotatable bonds is 7. The van der Waals surface area contributed by atoms with Crippen molar-refractivity contribution in [2.45, 2.75) is 105 Å². The Labute approximate surface area is 253 Å². The molecule has 2 aromatic rings. The normalized spacial score (nSPS) is 32.6. The summed E-state index contributed by atoms with van der Waals surface area (Å²) in [5.41, 5.74) is 13.4. The van der Waals surface area contributed by atoms with Gasteiger partial charge in [0.1, 0.15) is 5.82 Å². The number of hydrogen-bond donors (Lipinski definition) is 0. The zero-order valence-corrected chi connectivity index (χ0v) is 28.4. The van der Waals surface area contributed by atoms with Gasteiger partial charge in [0.15, 0.2) is 8.32 Å². The molecular formula is C34H52FN5OSi. The van der Waals surface area contributed by atoms with Crippen molar-refractivity contribution in [2.24, 2.45) is 45.0 Å². The molecule has 0 spiro atoms. The van der Waals surface area contributed by atoms with Gasteiger partial charge in [-0.3, -0.25) is 0 Å². The van der Waals surface area contributed by atoms with Gasteiger partial charge in [-0.15, -0.1) is 0 Å². The van der Waals surface area contributed by atoms with Crippen LogP contribution in [0.5, 0.6) is 0 Å². The van der Waals surface area contributed by atoms with Gasteiger partial charge >= 0.3 is 0 Å². The lowest BCUT2D eigenvalue weighted by Gasteiger charge is -2.58. The van der Waals surface area contributed by atoms with Crippen LogP contribution >= 0.6 is 0 Å². The van der Waals surface area contributed by atoms with Gasteiger partial charge in [0.2, 0.25) is 0 Å². The van der Waals surface area contributed by atoms with E-state index in [2.05, 4.69) is 71.6 Å². The second-order valence-corrected chi connectivity index (χ2v) is 21.1. The molecule has 0 radical (unpaired) electrons. The molecule has 0 aliphatic heterocycles. The highest BCUT2D eigenvalue weighted by Gasteiger charge is 2.61. The van der Waals surface area contributed by atoms with Crippen LogP contribution in [0.1, 0.15) is 85.4 Å². The smallest absolute Gasteiger partial charge is 0.191 e. The number of nitrogens with zero attached hydrogens (tertiary/aromatic N) is 5. The lowest BCUT2D eigenvalue weighted by Crippen LogP contribution is -2.54. The number of azide groups is 1. The van der Waals surface area contributed by atoms with E-state index >= 15 is 0 Å². The maximum absolute atomic E-state index is 13.8. The SMILES string of the molecule is CC1(C)CC[C@H]2[C@H](CN=[N+]=[N-])[C@@H]([C@@]3(C)Cc4cnn(-c5ccc(F)cc5)c4C[C@@H]3CO[Si](C)(C)C(C)(C)C)CC[C@@]21C. The summed E-state index contributed by atoms with van der Waals surface area (Å²) >= 11 is 0. The van der Waals surface area contributed by atoms with Gasteiger partial charge in [-0.2, -0.15) is 5.10 Å². The summed E-state index contributed by atoms with van der Waals surface area (Å²) in [6.45, 7) is 22.8. The predicted octanol–water partition coefficient (Wildman–Crippen LogP) is 9.53. The molecule has 6 atom stereocenters. The summed E-state index contributed by atoms with van der Waals surface area (Å²) in [7, 11) is -1.98. The quantitative estimate of drug-likeness (QED) is 0.139. The molecule has 0 unspecified atom stereocenters. The van der Waals surface area contributed by atoms with Crippen LogP contribution in [-0.4, -0.2) is 31.2 Å². The monoisotopic (exact) mass is 593 g/mol. The third kappa shape index (κ3) is 5.15. The molecule has 230 valence electrons. The van der Waals surface area contributed by atoms with Gasteiger partial charge in [0.25, 0.3) is 0 Å². The van der Waals surface area contributed by atoms with Crippen molar-refractivity contribution in [3.8, 4) is 5.69 Å². The number of hydrogen-bond acceptors (Lipinski definition) is 3. The first kappa shape index (κ1) is 31.3. The third-order valence-electron chi connectivity index (χ3n) is 13.1. The molecule has 6 nitrogen and oxygen atoms in total. The fraction of sp³-hybridized carbons (Fsp3) is 0.735. The Kier molecular flexibility index (Phi) is 8.03. The van der Waals surface area contributed by atoms with E-state index in [1.54, 1.807) is 0 Å². The number of fused-ring (bicyclic) bond motifs is 2. The van der Waals surface area contributed by atoms with Crippen molar-refractivity contribution in [3.05, 3.63) is 58.0 Å². The van der Waals surface area contributed by atoms with Crippen LogP contribution in [0, 0.1) is 45.7 Å². The summed E-state index contributed by atoms with van der Waals surface area (Å²) in [5.74, 6) is 1.41. The molecule has 0 amide bonds. The molecule has 2 fully saturated rings. The van der Waals surface area contributed by atoms with E-state index in [0.717, 1.165) is 31.6 Å². The van der Waals surface area contributed by atoms with Gasteiger partial charge in [-0.05, 0) is 132 Å².